The number of hydrogen-bond acceptors (Lipinski definition) is 3. The van der Waals surface area contributed by atoms with Crippen molar-refractivity contribution in [3.05, 3.63) is 35.4 Å². The molecular formula is C14H17F2N3O2. The summed E-state index contributed by atoms with van der Waals surface area (Å²) in [6.07, 6.45) is 3.34. The lowest BCUT2D eigenvalue weighted by molar-refractivity contribution is 0.0702. The van der Waals surface area contributed by atoms with Gasteiger partial charge in [0.15, 0.2) is 5.84 Å². The van der Waals surface area contributed by atoms with Crippen LogP contribution in [0.5, 0.6) is 0 Å². The van der Waals surface area contributed by atoms with E-state index in [1.54, 1.807) is 0 Å². The molecule has 3 N–H and O–H groups in total. The highest BCUT2D eigenvalue weighted by Gasteiger charge is 2.31. The predicted octanol–water partition coefficient (Wildman–Crippen LogP) is 2.10. The fourth-order valence-corrected chi connectivity index (χ4v) is 2.63. The predicted molar refractivity (Wildman–Crippen MR) is 73.1 cm³/mol. The minimum Gasteiger partial charge on any atom is -0.409 e. The van der Waals surface area contributed by atoms with E-state index in [1.165, 1.54) is 11.0 Å². The van der Waals surface area contributed by atoms with Crippen LogP contribution in [0.4, 0.5) is 8.78 Å². The summed E-state index contributed by atoms with van der Waals surface area (Å²) in [4.78, 5) is 13.8. The van der Waals surface area contributed by atoms with Crippen LogP contribution in [-0.4, -0.2) is 34.4 Å². The van der Waals surface area contributed by atoms with E-state index in [-0.39, 0.29) is 18.4 Å². The van der Waals surface area contributed by atoms with Gasteiger partial charge in [-0.15, -0.1) is 0 Å². The fraction of sp³-hybridized carbons (Fsp3) is 0.429. The van der Waals surface area contributed by atoms with Gasteiger partial charge in [-0.25, -0.2) is 8.78 Å². The Hall–Kier alpha value is -2.18. The quantitative estimate of drug-likeness (QED) is 0.386. The van der Waals surface area contributed by atoms with Crippen molar-refractivity contribution in [1.29, 1.82) is 0 Å². The number of rotatable bonds is 4. The molecule has 1 aliphatic rings. The molecule has 0 bridgehead atoms. The van der Waals surface area contributed by atoms with Gasteiger partial charge in [0.2, 0.25) is 0 Å². The first-order valence-electron chi connectivity index (χ1n) is 6.76. The Morgan fingerprint density at radius 1 is 1.33 bits per heavy atom. The molecule has 2 rings (SSSR count). The van der Waals surface area contributed by atoms with E-state index >= 15 is 0 Å². The molecule has 1 aromatic carbocycles. The lowest BCUT2D eigenvalue weighted by Gasteiger charge is -2.28. The van der Waals surface area contributed by atoms with Crippen molar-refractivity contribution < 1.29 is 18.8 Å². The van der Waals surface area contributed by atoms with Crippen LogP contribution in [0.2, 0.25) is 0 Å². The maximum Gasteiger partial charge on any atom is 0.260 e. The number of amides is 1. The van der Waals surface area contributed by atoms with Crippen molar-refractivity contribution in [2.24, 2.45) is 10.9 Å². The van der Waals surface area contributed by atoms with Gasteiger partial charge in [0, 0.05) is 6.04 Å². The standard InChI is InChI=1S/C14H17F2N3O2/c15-10-6-3-7-11(16)13(10)14(20)19(8-12(17)18-21)9-4-1-2-5-9/h3,6-7,9,21H,1-2,4-5,8H2,(H2,17,18). The van der Waals surface area contributed by atoms with Crippen LogP contribution >= 0.6 is 0 Å². The van der Waals surface area contributed by atoms with Gasteiger partial charge in [0.25, 0.3) is 5.91 Å². The van der Waals surface area contributed by atoms with E-state index in [9.17, 15) is 13.6 Å². The monoisotopic (exact) mass is 297 g/mol. The first kappa shape index (κ1) is 15.2. The maximum atomic E-state index is 13.8. The average molecular weight is 297 g/mol. The SMILES string of the molecule is NC(CN(C(=O)c1c(F)cccc1F)C1CCCC1)=NO. The summed E-state index contributed by atoms with van der Waals surface area (Å²) in [5.41, 5.74) is 4.85. The topological polar surface area (TPSA) is 78.9 Å². The van der Waals surface area contributed by atoms with E-state index in [0.29, 0.717) is 0 Å². The third-order valence-electron chi connectivity index (χ3n) is 3.66. The zero-order chi connectivity index (χ0) is 15.4. The Morgan fingerprint density at radius 3 is 2.43 bits per heavy atom. The lowest BCUT2D eigenvalue weighted by atomic mass is 10.1. The van der Waals surface area contributed by atoms with Gasteiger partial charge in [-0.3, -0.25) is 4.79 Å². The molecular weight excluding hydrogens is 280 g/mol. The van der Waals surface area contributed by atoms with Gasteiger partial charge in [-0.1, -0.05) is 24.1 Å². The highest BCUT2D eigenvalue weighted by atomic mass is 19.1. The second-order valence-electron chi connectivity index (χ2n) is 5.06. The summed E-state index contributed by atoms with van der Waals surface area (Å²) in [5, 5.41) is 11.5. The molecule has 1 aromatic rings. The van der Waals surface area contributed by atoms with Crippen molar-refractivity contribution in [2.45, 2.75) is 31.7 Å². The molecule has 0 radical (unpaired) electrons. The van der Waals surface area contributed by atoms with Gasteiger partial charge < -0.3 is 15.8 Å². The molecule has 21 heavy (non-hydrogen) atoms. The van der Waals surface area contributed by atoms with Crippen LogP contribution in [0.15, 0.2) is 23.4 Å². The number of oxime groups is 1. The number of nitrogens with two attached hydrogens (primary N) is 1. The second kappa shape index (κ2) is 6.51. The van der Waals surface area contributed by atoms with Crippen LogP contribution in [0.25, 0.3) is 0 Å². The van der Waals surface area contributed by atoms with Crippen LogP contribution in [-0.2, 0) is 0 Å². The first-order chi connectivity index (χ1) is 10.0. The number of halogens is 2. The molecule has 5 nitrogen and oxygen atoms in total. The summed E-state index contributed by atoms with van der Waals surface area (Å²) in [7, 11) is 0. The highest BCUT2D eigenvalue weighted by Crippen LogP contribution is 2.26. The molecule has 1 saturated carbocycles. The zero-order valence-corrected chi connectivity index (χ0v) is 11.4. The molecule has 1 aliphatic carbocycles. The van der Waals surface area contributed by atoms with Gasteiger partial charge in [0.05, 0.1) is 6.54 Å². The molecule has 0 aliphatic heterocycles. The number of carbonyl (C=O) groups is 1. The third kappa shape index (κ3) is 3.29. The summed E-state index contributed by atoms with van der Waals surface area (Å²) in [6.45, 7) is -0.159. The third-order valence-corrected chi connectivity index (χ3v) is 3.66. The number of hydrogen-bond donors (Lipinski definition) is 2. The fourth-order valence-electron chi connectivity index (χ4n) is 2.63. The molecule has 1 amide bonds. The molecule has 0 atom stereocenters. The largest absolute Gasteiger partial charge is 0.409 e. The van der Waals surface area contributed by atoms with Crippen LogP contribution in [0, 0.1) is 11.6 Å². The minimum absolute atomic E-state index is 0.156. The molecule has 0 unspecified atom stereocenters. The number of amidine groups is 1. The van der Waals surface area contributed by atoms with Gasteiger partial charge in [-0.2, -0.15) is 0 Å². The number of carbonyl (C=O) groups excluding carboxylic acids is 1. The van der Waals surface area contributed by atoms with Crippen molar-refractivity contribution >= 4 is 11.7 Å². The van der Waals surface area contributed by atoms with E-state index in [0.717, 1.165) is 37.8 Å². The second-order valence-corrected chi connectivity index (χ2v) is 5.06. The Balaban J connectivity index is 2.33. The summed E-state index contributed by atoms with van der Waals surface area (Å²) < 4.78 is 27.5. The first-order valence-corrected chi connectivity index (χ1v) is 6.76. The number of benzene rings is 1. The van der Waals surface area contributed by atoms with Crippen LogP contribution in [0.3, 0.4) is 0 Å². The number of nitrogens with zero attached hydrogens (tertiary/aromatic N) is 2. The highest BCUT2D eigenvalue weighted by molar-refractivity contribution is 5.97. The van der Waals surface area contributed by atoms with Gasteiger partial charge in [-0.05, 0) is 25.0 Å². The molecule has 7 heteroatoms. The van der Waals surface area contributed by atoms with Crippen LogP contribution in [0.1, 0.15) is 36.0 Å². The molecule has 0 aromatic heterocycles. The molecule has 0 heterocycles. The Morgan fingerprint density at radius 2 is 1.90 bits per heavy atom. The van der Waals surface area contributed by atoms with Gasteiger partial charge in [0.1, 0.15) is 17.2 Å². The smallest absolute Gasteiger partial charge is 0.260 e. The van der Waals surface area contributed by atoms with Gasteiger partial charge >= 0.3 is 0 Å². The minimum atomic E-state index is -0.914. The van der Waals surface area contributed by atoms with E-state index in [4.69, 9.17) is 10.9 Å². The average Bonchev–Trinajstić information content (AvgIpc) is 2.97. The van der Waals surface area contributed by atoms with Crippen molar-refractivity contribution in [3.63, 3.8) is 0 Å². The summed E-state index contributed by atoms with van der Waals surface area (Å²) >= 11 is 0. The zero-order valence-electron chi connectivity index (χ0n) is 11.4. The van der Waals surface area contributed by atoms with E-state index in [1.807, 2.05) is 0 Å². The summed E-state index contributed by atoms with van der Waals surface area (Å²) in [6, 6.07) is 3.11. The Labute approximate surface area is 121 Å². The van der Waals surface area contributed by atoms with Crippen molar-refractivity contribution in [3.8, 4) is 0 Å². The Kier molecular flexibility index (Phi) is 4.72. The van der Waals surface area contributed by atoms with E-state index < -0.39 is 23.1 Å². The molecule has 0 spiro atoms. The molecule has 1 fully saturated rings. The summed E-state index contributed by atoms with van der Waals surface area (Å²) in [5.74, 6) is -2.78. The normalized spacial score (nSPS) is 16.2. The molecule has 114 valence electrons. The molecule has 0 saturated heterocycles. The van der Waals surface area contributed by atoms with Crippen molar-refractivity contribution in [2.75, 3.05) is 6.54 Å². The van der Waals surface area contributed by atoms with Crippen molar-refractivity contribution in [1.82, 2.24) is 4.90 Å². The lowest BCUT2D eigenvalue weighted by Crippen LogP contribution is -2.44. The van der Waals surface area contributed by atoms with Crippen LogP contribution < -0.4 is 5.73 Å². The maximum absolute atomic E-state index is 13.8. The van der Waals surface area contributed by atoms with E-state index in [2.05, 4.69) is 5.16 Å². The Bertz CT molecular complexity index is 537.